The summed E-state index contributed by atoms with van der Waals surface area (Å²) in [6.07, 6.45) is 5.84. The zero-order valence-corrected chi connectivity index (χ0v) is 18.6. The minimum Gasteiger partial charge on any atom is -0.497 e. The number of piperidine rings is 1. The highest BCUT2D eigenvalue weighted by Gasteiger charge is 2.31. The highest BCUT2D eigenvalue weighted by molar-refractivity contribution is 7.98. The van der Waals surface area contributed by atoms with Gasteiger partial charge in [0.2, 0.25) is 0 Å². The molecule has 164 valence electrons. The van der Waals surface area contributed by atoms with Gasteiger partial charge in [-0.15, -0.1) is 0 Å². The minimum atomic E-state index is -0.732. The number of hydrogen-bond acceptors (Lipinski definition) is 6. The lowest BCUT2D eigenvalue weighted by Crippen LogP contribution is -2.42. The number of benzene rings is 1. The smallest absolute Gasteiger partial charge is 0.303 e. The van der Waals surface area contributed by atoms with Gasteiger partial charge in [0.1, 0.15) is 5.75 Å². The molecule has 2 heterocycles. The topological polar surface area (TPSA) is 82.9 Å². The molecule has 1 saturated heterocycles. The molecule has 2 aromatic rings. The Kier molecular flexibility index (Phi) is 8.36. The van der Waals surface area contributed by atoms with Crippen molar-refractivity contribution in [2.24, 2.45) is 11.8 Å². The van der Waals surface area contributed by atoms with E-state index < -0.39 is 12.1 Å². The number of hydrogen-bond donors (Lipinski definition) is 2. The van der Waals surface area contributed by atoms with E-state index in [2.05, 4.69) is 16.1 Å². The fourth-order valence-corrected chi connectivity index (χ4v) is 4.95. The van der Waals surface area contributed by atoms with Gasteiger partial charge in [0.25, 0.3) is 0 Å². The maximum Gasteiger partial charge on any atom is 0.303 e. The maximum absolute atomic E-state index is 11.4. The molecule has 0 saturated carbocycles. The number of aliphatic hydroxyl groups excluding tert-OH is 1. The number of pyridine rings is 1. The lowest BCUT2D eigenvalue weighted by Gasteiger charge is -2.38. The van der Waals surface area contributed by atoms with Crippen molar-refractivity contribution in [1.29, 1.82) is 0 Å². The number of rotatable bonds is 10. The second kappa shape index (κ2) is 11.0. The summed E-state index contributed by atoms with van der Waals surface area (Å²) in [6.45, 7) is 2.85. The number of aliphatic hydroxyl groups is 1. The zero-order valence-electron chi connectivity index (χ0n) is 17.8. The second-order valence-electron chi connectivity index (χ2n) is 8.08. The van der Waals surface area contributed by atoms with E-state index in [1.54, 1.807) is 13.3 Å². The first-order chi connectivity index (χ1) is 14.5. The van der Waals surface area contributed by atoms with Crippen molar-refractivity contribution in [3.05, 3.63) is 36.0 Å². The van der Waals surface area contributed by atoms with Crippen molar-refractivity contribution in [2.75, 3.05) is 38.8 Å². The van der Waals surface area contributed by atoms with Crippen LogP contribution in [0.25, 0.3) is 10.9 Å². The number of aromatic nitrogens is 1. The highest BCUT2D eigenvalue weighted by atomic mass is 32.2. The number of carboxylic acid groups (broad SMARTS) is 1. The number of carboxylic acids is 1. The monoisotopic (exact) mass is 432 g/mol. The molecule has 0 unspecified atom stereocenters. The summed E-state index contributed by atoms with van der Waals surface area (Å²) in [7, 11) is 1.63. The Hall–Kier alpha value is -1.83. The molecule has 1 aromatic carbocycles. The highest BCUT2D eigenvalue weighted by Crippen LogP contribution is 2.34. The molecule has 3 rings (SSSR count). The van der Waals surface area contributed by atoms with Crippen LogP contribution in [-0.2, 0) is 4.79 Å². The molecule has 2 N–H and O–H groups in total. The molecule has 30 heavy (non-hydrogen) atoms. The van der Waals surface area contributed by atoms with Crippen LogP contribution < -0.4 is 4.74 Å². The molecule has 6 nitrogen and oxygen atoms in total. The van der Waals surface area contributed by atoms with Gasteiger partial charge in [-0.1, -0.05) is 0 Å². The first-order valence-corrected chi connectivity index (χ1v) is 11.9. The van der Waals surface area contributed by atoms with Crippen LogP contribution in [0.5, 0.6) is 5.75 Å². The number of aliphatic carboxylic acids is 1. The van der Waals surface area contributed by atoms with Crippen LogP contribution in [0, 0.1) is 11.8 Å². The molecular formula is C23H32N2O4S. The van der Waals surface area contributed by atoms with Gasteiger partial charge in [0.05, 0.1) is 18.7 Å². The van der Waals surface area contributed by atoms with Crippen LogP contribution in [0.1, 0.15) is 37.4 Å². The number of likely N-dealkylation sites (tertiary alicyclic amines) is 1. The van der Waals surface area contributed by atoms with E-state index in [1.165, 1.54) is 0 Å². The van der Waals surface area contributed by atoms with Crippen molar-refractivity contribution in [1.82, 2.24) is 9.88 Å². The third-order valence-corrected chi connectivity index (χ3v) is 6.77. The molecule has 0 amide bonds. The number of nitrogens with zero attached hydrogens (tertiary/aromatic N) is 2. The van der Waals surface area contributed by atoms with Crippen LogP contribution in [0.3, 0.4) is 0 Å². The van der Waals surface area contributed by atoms with E-state index in [4.69, 9.17) is 4.74 Å². The minimum absolute atomic E-state index is 0.139. The van der Waals surface area contributed by atoms with Gasteiger partial charge in [-0.3, -0.25) is 9.78 Å². The molecule has 0 radical (unpaired) electrons. The van der Waals surface area contributed by atoms with Gasteiger partial charge in [-0.05, 0) is 73.7 Å². The van der Waals surface area contributed by atoms with E-state index in [9.17, 15) is 15.0 Å². The molecule has 3 atom stereocenters. The summed E-state index contributed by atoms with van der Waals surface area (Å²) >= 11 is 1.82. The molecule has 1 fully saturated rings. The fraction of sp³-hybridized carbons (Fsp3) is 0.565. The summed E-state index contributed by atoms with van der Waals surface area (Å²) in [4.78, 5) is 18.2. The Labute approximate surface area is 182 Å². The van der Waals surface area contributed by atoms with Crippen LogP contribution in [0.4, 0.5) is 0 Å². The molecule has 1 aliphatic rings. The van der Waals surface area contributed by atoms with E-state index >= 15 is 0 Å². The van der Waals surface area contributed by atoms with E-state index in [0.717, 1.165) is 60.4 Å². The van der Waals surface area contributed by atoms with Gasteiger partial charge < -0.3 is 19.8 Å². The number of thioether (sulfide) groups is 1. The lowest BCUT2D eigenvalue weighted by molar-refractivity contribution is -0.139. The Morgan fingerprint density at radius 1 is 1.37 bits per heavy atom. The largest absolute Gasteiger partial charge is 0.497 e. The molecule has 0 bridgehead atoms. The first-order valence-electron chi connectivity index (χ1n) is 10.6. The SMILES string of the molecule is COc1ccc2nccc([C@@H](O)CC[C@@H]3CCN(CCSC)C[C@@H]3CC(=O)O)c2c1. The third-order valence-electron chi connectivity index (χ3n) is 6.18. The van der Waals surface area contributed by atoms with E-state index in [1.807, 2.05) is 36.0 Å². The van der Waals surface area contributed by atoms with E-state index in [-0.39, 0.29) is 12.3 Å². The Morgan fingerprint density at radius 2 is 2.20 bits per heavy atom. The molecule has 1 aliphatic heterocycles. The fourth-order valence-electron chi connectivity index (χ4n) is 4.51. The predicted molar refractivity (Wildman–Crippen MR) is 121 cm³/mol. The number of fused-ring (bicyclic) bond motifs is 1. The summed E-state index contributed by atoms with van der Waals surface area (Å²) < 4.78 is 5.33. The average Bonchev–Trinajstić information content (AvgIpc) is 2.75. The van der Waals surface area contributed by atoms with Gasteiger partial charge in [-0.25, -0.2) is 0 Å². The van der Waals surface area contributed by atoms with Crippen molar-refractivity contribution < 1.29 is 19.7 Å². The Balaban J connectivity index is 1.67. The van der Waals surface area contributed by atoms with Crippen LogP contribution in [0.15, 0.2) is 30.5 Å². The summed E-state index contributed by atoms with van der Waals surface area (Å²) in [6, 6.07) is 7.55. The Morgan fingerprint density at radius 3 is 2.93 bits per heavy atom. The van der Waals surface area contributed by atoms with Gasteiger partial charge in [0.15, 0.2) is 0 Å². The number of carbonyl (C=O) groups is 1. The van der Waals surface area contributed by atoms with Crippen molar-refractivity contribution in [3.63, 3.8) is 0 Å². The number of methoxy groups -OCH3 is 1. The lowest BCUT2D eigenvalue weighted by atomic mass is 9.79. The van der Waals surface area contributed by atoms with Crippen LogP contribution in [-0.4, -0.2) is 64.8 Å². The van der Waals surface area contributed by atoms with Crippen molar-refractivity contribution in [2.45, 2.75) is 31.8 Å². The van der Waals surface area contributed by atoms with Crippen molar-refractivity contribution in [3.8, 4) is 5.75 Å². The van der Waals surface area contributed by atoms with Gasteiger partial charge in [-0.2, -0.15) is 11.8 Å². The summed E-state index contributed by atoms with van der Waals surface area (Å²) in [5, 5.41) is 21.2. The molecule has 0 aliphatic carbocycles. The average molecular weight is 433 g/mol. The first kappa shape index (κ1) is 22.8. The zero-order chi connectivity index (χ0) is 21.5. The molecule has 1 aromatic heterocycles. The van der Waals surface area contributed by atoms with Crippen molar-refractivity contribution >= 4 is 28.6 Å². The van der Waals surface area contributed by atoms with Gasteiger partial charge >= 0.3 is 5.97 Å². The van der Waals surface area contributed by atoms with Crippen LogP contribution in [0.2, 0.25) is 0 Å². The third kappa shape index (κ3) is 5.86. The molecular weight excluding hydrogens is 400 g/mol. The van der Waals surface area contributed by atoms with Crippen LogP contribution >= 0.6 is 11.8 Å². The Bertz CT molecular complexity index is 847. The molecule has 7 heteroatoms. The summed E-state index contributed by atoms with van der Waals surface area (Å²) in [5.41, 5.74) is 1.68. The second-order valence-corrected chi connectivity index (χ2v) is 9.06. The number of ether oxygens (including phenoxy) is 1. The standard InChI is InChI=1S/C23H32N2O4S/c1-29-18-4-5-21-20(14-18)19(7-9-24-21)22(26)6-3-16-8-10-25(11-12-30-2)15-17(16)13-23(27)28/h4-5,7,9,14,16-17,22,26H,3,6,8,10-13,15H2,1-2H3,(H,27,28)/t16-,17+,22+/m1/s1. The maximum atomic E-state index is 11.4. The molecule has 0 spiro atoms. The van der Waals surface area contributed by atoms with Gasteiger partial charge in [0, 0.05) is 36.8 Å². The predicted octanol–water partition coefficient (Wildman–Crippen LogP) is 3.83. The van der Waals surface area contributed by atoms with E-state index in [0.29, 0.717) is 12.3 Å². The quantitative estimate of drug-likeness (QED) is 0.590. The summed E-state index contributed by atoms with van der Waals surface area (Å²) in [5.74, 6) is 1.54. The normalized spacial score (nSPS) is 20.9.